The van der Waals surface area contributed by atoms with E-state index < -0.39 is 5.82 Å². The Morgan fingerprint density at radius 1 is 1.11 bits per heavy atom. The van der Waals surface area contributed by atoms with Crippen LogP contribution in [0.1, 0.15) is 16.7 Å². The number of methoxy groups -OCH3 is 1. The highest BCUT2D eigenvalue weighted by Crippen LogP contribution is 2.17. The third kappa shape index (κ3) is 3.08. The predicted octanol–water partition coefficient (Wildman–Crippen LogP) is 2.50. The largest absolute Gasteiger partial charge is 0.494 e. The van der Waals surface area contributed by atoms with E-state index in [1.54, 1.807) is 18.3 Å². The van der Waals surface area contributed by atoms with Crippen LogP contribution >= 0.6 is 0 Å². The van der Waals surface area contributed by atoms with Crippen LogP contribution in [0.2, 0.25) is 0 Å². The van der Waals surface area contributed by atoms with Crippen LogP contribution in [0.25, 0.3) is 0 Å². The first-order valence-corrected chi connectivity index (χ1v) is 5.43. The Morgan fingerprint density at radius 3 is 2.58 bits per heavy atom. The van der Waals surface area contributed by atoms with Gasteiger partial charge in [-0.1, -0.05) is 11.8 Å². The lowest BCUT2D eigenvalue weighted by atomic mass is 10.1. The molecule has 0 unspecified atom stereocenters. The van der Waals surface area contributed by atoms with E-state index in [9.17, 15) is 4.39 Å². The molecule has 1 aromatic heterocycles. The first-order valence-electron chi connectivity index (χ1n) is 5.43. The first kappa shape index (κ1) is 12.6. The Bertz CT molecular complexity index is 708. The molecule has 2 aromatic rings. The van der Waals surface area contributed by atoms with Crippen molar-refractivity contribution < 1.29 is 9.13 Å². The second-order valence-corrected chi connectivity index (χ2v) is 3.67. The highest BCUT2D eigenvalue weighted by molar-refractivity contribution is 5.46. The van der Waals surface area contributed by atoms with Crippen molar-refractivity contribution in [2.24, 2.45) is 0 Å². The molecule has 4 heteroatoms. The van der Waals surface area contributed by atoms with Gasteiger partial charge in [0.15, 0.2) is 11.6 Å². The van der Waals surface area contributed by atoms with Crippen LogP contribution in [0.4, 0.5) is 4.39 Å². The molecule has 1 aromatic carbocycles. The van der Waals surface area contributed by atoms with E-state index in [1.807, 2.05) is 6.07 Å². The van der Waals surface area contributed by atoms with Crippen molar-refractivity contribution in [2.45, 2.75) is 0 Å². The van der Waals surface area contributed by atoms with Gasteiger partial charge < -0.3 is 4.74 Å². The number of benzene rings is 1. The van der Waals surface area contributed by atoms with Crippen molar-refractivity contribution in [1.29, 1.82) is 5.26 Å². The molecule has 2 rings (SSSR count). The Balaban J connectivity index is 2.31. The second-order valence-electron chi connectivity index (χ2n) is 3.67. The fourth-order valence-corrected chi connectivity index (χ4v) is 1.45. The third-order valence-corrected chi connectivity index (χ3v) is 2.37. The maximum Gasteiger partial charge on any atom is 0.165 e. The summed E-state index contributed by atoms with van der Waals surface area (Å²) in [7, 11) is 1.40. The van der Waals surface area contributed by atoms with Crippen molar-refractivity contribution in [2.75, 3.05) is 7.11 Å². The summed E-state index contributed by atoms with van der Waals surface area (Å²) >= 11 is 0. The SMILES string of the molecule is COc1cc(C#Cc2cncc(C#N)c2)ccc1F. The molecule has 0 fully saturated rings. The highest BCUT2D eigenvalue weighted by Gasteiger charge is 2.01. The van der Waals surface area contributed by atoms with E-state index in [4.69, 9.17) is 10.00 Å². The van der Waals surface area contributed by atoms with Gasteiger partial charge in [-0.25, -0.2) is 4.39 Å². The number of rotatable bonds is 1. The quantitative estimate of drug-likeness (QED) is 0.732. The summed E-state index contributed by atoms with van der Waals surface area (Å²) in [4.78, 5) is 3.91. The normalized spacial score (nSPS) is 9.11. The maximum absolute atomic E-state index is 13.2. The van der Waals surface area contributed by atoms with Crippen molar-refractivity contribution in [1.82, 2.24) is 4.98 Å². The van der Waals surface area contributed by atoms with E-state index in [0.29, 0.717) is 16.7 Å². The van der Waals surface area contributed by atoms with E-state index in [2.05, 4.69) is 16.8 Å². The fourth-order valence-electron chi connectivity index (χ4n) is 1.45. The molecule has 0 saturated carbocycles. The van der Waals surface area contributed by atoms with Gasteiger partial charge in [-0.3, -0.25) is 4.98 Å². The van der Waals surface area contributed by atoms with Crippen molar-refractivity contribution in [3.8, 4) is 23.7 Å². The smallest absolute Gasteiger partial charge is 0.165 e. The number of aromatic nitrogens is 1. The molecule has 0 N–H and O–H groups in total. The van der Waals surface area contributed by atoms with Gasteiger partial charge in [0.25, 0.3) is 0 Å². The van der Waals surface area contributed by atoms with Gasteiger partial charge in [0, 0.05) is 23.5 Å². The summed E-state index contributed by atoms with van der Waals surface area (Å²) in [6.45, 7) is 0. The number of pyridine rings is 1. The van der Waals surface area contributed by atoms with Crippen LogP contribution in [-0.4, -0.2) is 12.1 Å². The van der Waals surface area contributed by atoms with Gasteiger partial charge in [0.2, 0.25) is 0 Å². The topological polar surface area (TPSA) is 45.9 Å². The number of halogens is 1. The molecule has 0 spiro atoms. The Kier molecular flexibility index (Phi) is 3.75. The lowest BCUT2D eigenvalue weighted by Crippen LogP contribution is -1.88. The standard InChI is InChI=1S/C15H9FN2O/c1-19-15-7-11(4-5-14(15)16)2-3-12-6-13(8-17)10-18-9-12/h4-7,9-10H,1H3. The molecule has 92 valence electrons. The number of ether oxygens (including phenoxy) is 1. The fraction of sp³-hybridized carbons (Fsp3) is 0.0667. The van der Waals surface area contributed by atoms with Crippen LogP contribution in [0.5, 0.6) is 5.75 Å². The van der Waals surface area contributed by atoms with Crippen LogP contribution in [0.15, 0.2) is 36.7 Å². The predicted molar refractivity (Wildman–Crippen MR) is 67.9 cm³/mol. The molecule has 3 nitrogen and oxygen atoms in total. The number of nitrogens with zero attached hydrogens (tertiary/aromatic N) is 2. The summed E-state index contributed by atoms with van der Waals surface area (Å²) in [5.74, 6) is 5.45. The van der Waals surface area contributed by atoms with Crippen molar-refractivity contribution in [3.05, 3.63) is 59.2 Å². The minimum atomic E-state index is -0.429. The van der Waals surface area contributed by atoms with Gasteiger partial charge in [-0.15, -0.1) is 0 Å². The third-order valence-electron chi connectivity index (χ3n) is 2.37. The molecule has 1 heterocycles. The number of hydrogen-bond donors (Lipinski definition) is 0. The van der Waals surface area contributed by atoms with Gasteiger partial charge >= 0.3 is 0 Å². The molecule has 0 aliphatic carbocycles. The zero-order valence-electron chi connectivity index (χ0n) is 10.1. The van der Waals surface area contributed by atoms with Crippen LogP contribution in [0, 0.1) is 29.0 Å². The highest BCUT2D eigenvalue weighted by atomic mass is 19.1. The minimum Gasteiger partial charge on any atom is -0.494 e. The van der Waals surface area contributed by atoms with Crippen LogP contribution < -0.4 is 4.74 Å². The van der Waals surface area contributed by atoms with Gasteiger partial charge in [0.05, 0.1) is 12.7 Å². The number of hydrogen-bond acceptors (Lipinski definition) is 3. The summed E-state index contributed by atoms with van der Waals surface area (Å²) in [5, 5.41) is 8.75. The summed E-state index contributed by atoms with van der Waals surface area (Å²) in [6, 6.07) is 8.01. The maximum atomic E-state index is 13.2. The molecular formula is C15H9FN2O. The summed E-state index contributed by atoms with van der Waals surface area (Å²) < 4.78 is 18.1. The van der Waals surface area contributed by atoms with E-state index in [1.165, 1.54) is 25.4 Å². The minimum absolute atomic E-state index is 0.149. The van der Waals surface area contributed by atoms with E-state index in [0.717, 1.165) is 0 Å². The molecule has 0 amide bonds. The average Bonchev–Trinajstić information content (AvgIpc) is 2.46. The molecule has 0 radical (unpaired) electrons. The van der Waals surface area contributed by atoms with E-state index >= 15 is 0 Å². The zero-order chi connectivity index (χ0) is 13.7. The summed E-state index contributed by atoms with van der Waals surface area (Å²) in [5.41, 5.74) is 1.70. The molecular weight excluding hydrogens is 243 g/mol. The Labute approximate surface area is 110 Å². The van der Waals surface area contributed by atoms with Crippen molar-refractivity contribution in [3.63, 3.8) is 0 Å². The van der Waals surface area contributed by atoms with Crippen LogP contribution in [-0.2, 0) is 0 Å². The number of nitriles is 1. The van der Waals surface area contributed by atoms with Gasteiger partial charge in [-0.05, 0) is 24.3 Å². The monoisotopic (exact) mass is 252 g/mol. The van der Waals surface area contributed by atoms with Gasteiger partial charge in [-0.2, -0.15) is 5.26 Å². The molecule has 0 atom stereocenters. The Morgan fingerprint density at radius 2 is 1.84 bits per heavy atom. The van der Waals surface area contributed by atoms with Gasteiger partial charge in [0.1, 0.15) is 6.07 Å². The molecule has 0 aliphatic heterocycles. The lowest BCUT2D eigenvalue weighted by molar-refractivity contribution is 0.386. The average molecular weight is 252 g/mol. The molecule has 0 aliphatic rings. The summed E-state index contributed by atoms with van der Waals surface area (Å²) in [6.07, 6.45) is 3.03. The zero-order valence-corrected chi connectivity index (χ0v) is 10.1. The second kappa shape index (κ2) is 5.66. The Hall–Kier alpha value is -2.85. The van der Waals surface area contributed by atoms with Crippen molar-refractivity contribution >= 4 is 0 Å². The first-order chi connectivity index (χ1) is 9.22. The van der Waals surface area contributed by atoms with E-state index in [-0.39, 0.29) is 5.75 Å². The lowest BCUT2D eigenvalue weighted by Gasteiger charge is -2.00. The molecule has 0 saturated heterocycles. The van der Waals surface area contributed by atoms with Crippen LogP contribution in [0.3, 0.4) is 0 Å². The molecule has 19 heavy (non-hydrogen) atoms. The molecule has 0 bridgehead atoms.